The van der Waals surface area contributed by atoms with E-state index in [1.807, 2.05) is 26.0 Å². The minimum Gasteiger partial charge on any atom is -0.482 e. The average Bonchev–Trinajstić information content (AvgIpc) is 2.80. The van der Waals surface area contributed by atoms with Gasteiger partial charge in [-0.25, -0.2) is 4.79 Å². The van der Waals surface area contributed by atoms with Crippen LogP contribution in [0, 0.1) is 0 Å². The number of carbonyl (C=O) groups excluding carboxylic acids is 1. The molecule has 0 aliphatic heterocycles. The first kappa shape index (κ1) is 14.9. The van der Waals surface area contributed by atoms with Gasteiger partial charge in [-0.2, -0.15) is 0 Å². The predicted molar refractivity (Wildman–Crippen MR) is 77.9 cm³/mol. The Morgan fingerprint density at radius 2 is 2.25 bits per heavy atom. The molecular formula is C16H23NO3. The van der Waals surface area contributed by atoms with Crippen molar-refractivity contribution in [3.05, 3.63) is 29.3 Å². The van der Waals surface area contributed by atoms with Crippen molar-refractivity contribution in [2.45, 2.75) is 45.8 Å². The summed E-state index contributed by atoms with van der Waals surface area (Å²) in [5.41, 5.74) is 2.51. The number of esters is 1. The molecule has 1 aliphatic carbocycles. The van der Waals surface area contributed by atoms with Crippen molar-refractivity contribution in [3.63, 3.8) is 0 Å². The van der Waals surface area contributed by atoms with Crippen molar-refractivity contribution in [3.8, 4) is 5.75 Å². The van der Waals surface area contributed by atoms with Gasteiger partial charge in [0.1, 0.15) is 5.75 Å². The molecule has 0 aromatic heterocycles. The Bertz CT molecular complexity index is 471. The van der Waals surface area contributed by atoms with E-state index in [-0.39, 0.29) is 18.7 Å². The standard InChI is InChI=1S/C16H23NO3/c1-4-17-14-9-8-13-12(14)6-5-7-15(13)19-10-16(18)20-11(2)3/h5-7,11,14,17H,4,8-10H2,1-3H3. The van der Waals surface area contributed by atoms with Gasteiger partial charge < -0.3 is 14.8 Å². The van der Waals surface area contributed by atoms with Gasteiger partial charge in [-0.1, -0.05) is 19.1 Å². The van der Waals surface area contributed by atoms with Gasteiger partial charge in [-0.3, -0.25) is 0 Å². The number of hydrogen-bond donors (Lipinski definition) is 1. The summed E-state index contributed by atoms with van der Waals surface area (Å²) in [7, 11) is 0. The fraction of sp³-hybridized carbons (Fsp3) is 0.562. The Balaban J connectivity index is 2.02. The number of carbonyl (C=O) groups is 1. The number of hydrogen-bond acceptors (Lipinski definition) is 4. The monoisotopic (exact) mass is 277 g/mol. The number of ether oxygens (including phenoxy) is 2. The maximum absolute atomic E-state index is 11.5. The molecular weight excluding hydrogens is 254 g/mol. The molecule has 2 rings (SSSR count). The smallest absolute Gasteiger partial charge is 0.344 e. The van der Waals surface area contributed by atoms with E-state index >= 15 is 0 Å². The van der Waals surface area contributed by atoms with E-state index in [2.05, 4.69) is 18.3 Å². The minimum atomic E-state index is -0.321. The summed E-state index contributed by atoms with van der Waals surface area (Å²) in [6.45, 7) is 6.70. The maximum Gasteiger partial charge on any atom is 0.344 e. The fourth-order valence-electron chi connectivity index (χ4n) is 2.65. The molecule has 1 atom stereocenters. The van der Waals surface area contributed by atoms with Crippen LogP contribution >= 0.6 is 0 Å². The van der Waals surface area contributed by atoms with Gasteiger partial charge in [0.2, 0.25) is 0 Å². The van der Waals surface area contributed by atoms with Crippen LogP contribution < -0.4 is 10.1 Å². The summed E-state index contributed by atoms with van der Waals surface area (Å²) < 4.78 is 10.7. The molecule has 20 heavy (non-hydrogen) atoms. The Kier molecular flexibility index (Phi) is 5.01. The second-order valence-corrected chi connectivity index (χ2v) is 5.30. The molecule has 0 bridgehead atoms. The van der Waals surface area contributed by atoms with Crippen LogP contribution in [0.1, 0.15) is 44.4 Å². The third-order valence-corrected chi connectivity index (χ3v) is 3.39. The first-order valence-corrected chi connectivity index (χ1v) is 7.29. The van der Waals surface area contributed by atoms with Crippen LogP contribution in [0.25, 0.3) is 0 Å². The lowest BCUT2D eigenvalue weighted by atomic mass is 10.1. The van der Waals surface area contributed by atoms with E-state index in [1.54, 1.807) is 0 Å². The van der Waals surface area contributed by atoms with Crippen molar-refractivity contribution >= 4 is 5.97 Å². The van der Waals surface area contributed by atoms with E-state index in [9.17, 15) is 4.79 Å². The molecule has 0 radical (unpaired) electrons. The number of rotatable bonds is 6. The quantitative estimate of drug-likeness (QED) is 0.812. The summed E-state index contributed by atoms with van der Waals surface area (Å²) in [5.74, 6) is 0.488. The second-order valence-electron chi connectivity index (χ2n) is 5.30. The molecule has 1 unspecified atom stereocenters. The normalized spacial score (nSPS) is 17.1. The second kappa shape index (κ2) is 6.75. The Morgan fingerprint density at radius 1 is 1.45 bits per heavy atom. The van der Waals surface area contributed by atoms with Gasteiger partial charge in [0.15, 0.2) is 6.61 Å². The molecule has 1 aliphatic rings. The van der Waals surface area contributed by atoms with Gasteiger partial charge in [-0.05, 0) is 50.4 Å². The summed E-state index contributed by atoms with van der Waals surface area (Å²) in [5, 5.41) is 3.47. The largest absolute Gasteiger partial charge is 0.482 e. The van der Waals surface area contributed by atoms with Gasteiger partial charge in [-0.15, -0.1) is 0 Å². The molecule has 0 saturated carbocycles. The molecule has 4 nitrogen and oxygen atoms in total. The lowest BCUT2D eigenvalue weighted by Crippen LogP contribution is -2.19. The lowest BCUT2D eigenvalue weighted by Gasteiger charge is -2.14. The molecule has 0 heterocycles. The average molecular weight is 277 g/mol. The van der Waals surface area contributed by atoms with E-state index in [4.69, 9.17) is 9.47 Å². The molecule has 4 heteroatoms. The summed E-state index contributed by atoms with van der Waals surface area (Å²) in [6.07, 6.45) is 1.97. The summed E-state index contributed by atoms with van der Waals surface area (Å²) >= 11 is 0. The first-order valence-electron chi connectivity index (χ1n) is 7.29. The van der Waals surface area contributed by atoms with Crippen LogP contribution in [0.3, 0.4) is 0 Å². The third-order valence-electron chi connectivity index (χ3n) is 3.39. The molecule has 1 aromatic carbocycles. The van der Waals surface area contributed by atoms with E-state index in [1.165, 1.54) is 11.1 Å². The van der Waals surface area contributed by atoms with E-state index in [0.29, 0.717) is 6.04 Å². The van der Waals surface area contributed by atoms with Crippen molar-refractivity contribution in [2.24, 2.45) is 0 Å². The molecule has 0 fully saturated rings. The zero-order chi connectivity index (χ0) is 14.5. The predicted octanol–water partition coefficient (Wildman–Crippen LogP) is 2.61. The highest BCUT2D eigenvalue weighted by atomic mass is 16.6. The van der Waals surface area contributed by atoms with Gasteiger partial charge in [0, 0.05) is 6.04 Å². The van der Waals surface area contributed by atoms with Crippen molar-refractivity contribution in [2.75, 3.05) is 13.2 Å². The van der Waals surface area contributed by atoms with Crippen LogP contribution in [-0.4, -0.2) is 25.2 Å². The summed E-state index contributed by atoms with van der Waals surface area (Å²) in [4.78, 5) is 11.5. The van der Waals surface area contributed by atoms with Gasteiger partial charge >= 0.3 is 5.97 Å². The third kappa shape index (κ3) is 3.51. The van der Waals surface area contributed by atoms with Crippen LogP contribution in [-0.2, 0) is 16.0 Å². The lowest BCUT2D eigenvalue weighted by molar-refractivity contribution is -0.149. The van der Waals surface area contributed by atoms with Crippen LogP contribution in [0.4, 0.5) is 0 Å². The Labute approximate surface area is 120 Å². The van der Waals surface area contributed by atoms with Crippen LogP contribution in [0.15, 0.2) is 18.2 Å². The highest BCUT2D eigenvalue weighted by Gasteiger charge is 2.24. The van der Waals surface area contributed by atoms with E-state index < -0.39 is 0 Å². The van der Waals surface area contributed by atoms with Gasteiger partial charge in [0.05, 0.1) is 6.10 Å². The molecule has 0 amide bonds. The Morgan fingerprint density at radius 3 is 2.95 bits per heavy atom. The maximum atomic E-state index is 11.5. The van der Waals surface area contributed by atoms with Crippen molar-refractivity contribution in [1.29, 1.82) is 0 Å². The molecule has 0 saturated heterocycles. The topological polar surface area (TPSA) is 47.6 Å². The SMILES string of the molecule is CCNC1CCc2c(OCC(=O)OC(C)C)cccc21. The molecule has 1 N–H and O–H groups in total. The summed E-state index contributed by atoms with van der Waals surface area (Å²) in [6, 6.07) is 6.45. The molecule has 1 aromatic rings. The van der Waals surface area contributed by atoms with Crippen molar-refractivity contribution in [1.82, 2.24) is 5.32 Å². The molecule has 110 valence electrons. The zero-order valence-electron chi connectivity index (χ0n) is 12.4. The fourth-order valence-corrected chi connectivity index (χ4v) is 2.65. The number of benzene rings is 1. The van der Waals surface area contributed by atoms with Gasteiger partial charge in [0.25, 0.3) is 0 Å². The Hall–Kier alpha value is -1.55. The highest BCUT2D eigenvalue weighted by Crippen LogP contribution is 2.36. The number of fused-ring (bicyclic) bond motifs is 1. The van der Waals surface area contributed by atoms with Crippen molar-refractivity contribution < 1.29 is 14.3 Å². The van der Waals surface area contributed by atoms with E-state index in [0.717, 1.165) is 25.1 Å². The number of nitrogens with one attached hydrogen (secondary N) is 1. The highest BCUT2D eigenvalue weighted by molar-refractivity contribution is 5.71. The van der Waals surface area contributed by atoms with Crippen LogP contribution in [0.2, 0.25) is 0 Å². The first-order chi connectivity index (χ1) is 9.61. The van der Waals surface area contributed by atoms with Crippen LogP contribution in [0.5, 0.6) is 5.75 Å². The minimum absolute atomic E-state index is 0.0273. The molecule has 0 spiro atoms. The zero-order valence-corrected chi connectivity index (χ0v) is 12.4.